The van der Waals surface area contributed by atoms with Crippen molar-refractivity contribution in [2.24, 2.45) is 0 Å². The van der Waals surface area contributed by atoms with Crippen molar-refractivity contribution in [2.75, 3.05) is 13.2 Å². The van der Waals surface area contributed by atoms with E-state index >= 15 is 0 Å². The van der Waals surface area contributed by atoms with Gasteiger partial charge in [-0.05, 0) is 6.92 Å². The zero-order chi connectivity index (χ0) is 23.0. The molecular weight excluding hydrogens is 428 g/mol. The Hall–Kier alpha value is -0.560. The van der Waals surface area contributed by atoms with E-state index in [0.29, 0.717) is 0 Å². The lowest BCUT2D eigenvalue weighted by molar-refractivity contribution is -0.370. The van der Waals surface area contributed by atoms with Gasteiger partial charge in [0, 0.05) is 0 Å². The molecule has 3 heterocycles. The number of aliphatic hydroxyl groups excluding tert-OH is 9. The van der Waals surface area contributed by atoms with Crippen molar-refractivity contribution < 1.29 is 69.6 Å². The van der Waals surface area contributed by atoms with Crippen LogP contribution in [0.1, 0.15) is 6.92 Å². The van der Waals surface area contributed by atoms with Gasteiger partial charge in [-0.2, -0.15) is 0 Å². The lowest BCUT2D eigenvalue weighted by atomic mass is 9.98. The summed E-state index contributed by atoms with van der Waals surface area (Å²) in [4.78, 5) is 0. The first-order valence-corrected chi connectivity index (χ1v) is 9.85. The molecule has 3 fully saturated rings. The second-order valence-electron chi connectivity index (χ2n) is 7.92. The van der Waals surface area contributed by atoms with Gasteiger partial charge in [0.05, 0.1) is 19.3 Å². The van der Waals surface area contributed by atoms with Gasteiger partial charge in [-0.3, -0.25) is 0 Å². The Balaban J connectivity index is 1.61. The molecule has 0 amide bonds. The molecule has 182 valence electrons. The molecule has 14 atom stereocenters. The zero-order valence-corrected chi connectivity index (χ0v) is 16.6. The summed E-state index contributed by atoms with van der Waals surface area (Å²) in [6, 6.07) is 0. The van der Waals surface area contributed by atoms with Gasteiger partial charge in [0.2, 0.25) is 0 Å². The molecule has 9 N–H and O–H groups in total. The lowest BCUT2D eigenvalue weighted by Crippen LogP contribution is -2.63. The fourth-order valence-corrected chi connectivity index (χ4v) is 3.54. The van der Waals surface area contributed by atoms with Gasteiger partial charge in [-0.15, -0.1) is 0 Å². The number of rotatable bonds is 5. The highest BCUT2D eigenvalue weighted by atomic mass is 16.8. The van der Waals surface area contributed by atoms with Crippen LogP contribution in [-0.4, -0.2) is 145 Å². The van der Waals surface area contributed by atoms with E-state index in [-0.39, 0.29) is 6.61 Å². The third kappa shape index (κ3) is 5.18. The molecule has 0 radical (unpaired) electrons. The quantitative estimate of drug-likeness (QED) is 0.187. The average Bonchev–Trinajstić information content (AvgIpc) is 2.75. The van der Waals surface area contributed by atoms with Crippen LogP contribution in [0.2, 0.25) is 0 Å². The molecule has 1 unspecified atom stereocenters. The Morgan fingerprint density at radius 3 is 1.90 bits per heavy atom. The molecular formula is C17H30O14. The normalized spacial score (nSPS) is 54.0. The van der Waals surface area contributed by atoms with Gasteiger partial charge in [-0.25, -0.2) is 0 Å². The van der Waals surface area contributed by atoms with Crippen molar-refractivity contribution >= 4 is 0 Å². The van der Waals surface area contributed by atoms with Gasteiger partial charge < -0.3 is 69.6 Å². The van der Waals surface area contributed by atoms with Gasteiger partial charge in [0.15, 0.2) is 18.9 Å². The monoisotopic (exact) mass is 458 g/mol. The second-order valence-corrected chi connectivity index (χ2v) is 7.92. The molecule has 0 aromatic heterocycles. The Morgan fingerprint density at radius 2 is 1.23 bits per heavy atom. The van der Waals surface area contributed by atoms with E-state index in [1.54, 1.807) is 0 Å². The lowest BCUT2D eigenvalue weighted by Gasteiger charge is -2.44. The molecule has 3 aliphatic rings. The van der Waals surface area contributed by atoms with Crippen molar-refractivity contribution in [3.8, 4) is 0 Å². The minimum absolute atomic E-state index is 0.368. The van der Waals surface area contributed by atoms with Gasteiger partial charge in [0.25, 0.3) is 0 Å². The topological polar surface area (TPSA) is 228 Å². The van der Waals surface area contributed by atoms with Crippen LogP contribution >= 0.6 is 0 Å². The Kier molecular flexibility index (Phi) is 8.21. The summed E-state index contributed by atoms with van der Waals surface area (Å²) in [6.45, 7) is 0.594. The van der Waals surface area contributed by atoms with Crippen LogP contribution in [0.5, 0.6) is 0 Å². The molecule has 14 nitrogen and oxygen atoms in total. The predicted molar refractivity (Wildman–Crippen MR) is 93.8 cm³/mol. The van der Waals surface area contributed by atoms with Crippen molar-refractivity contribution in [3.05, 3.63) is 0 Å². The van der Waals surface area contributed by atoms with Crippen molar-refractivity contribution in [1.29, 1.82) is 0 Å². The van der Waals surface area contributed by atoms with Crippen molar-refractivity contribution in [1.82, 2.24) is 0 Å². The smallest absolute Gasteiger partial charge is 0.189 e. The standard InChI is InChI=1S/C17H30O14/c1-4-7(19)10(22)13(25)15(29-4)28-3-6-9(21)11(23)14(26)17(30-6)31-16-12(24)8(20)5(18)2-27-16/h4-26H,2-3H2,1H3/t4-,5+,6+,7-,8-,9+,10+,11-,12+,13+,14+,15+,16-,17?/m0/s1. The van der Waals surface area contributed by atoms with Gasteiger partial charge in [-0.1, -0.05) is 0 Å². The van der Waals surface area contributed by atoms with Gasteiger partial charge in [0.1, 0.15) is 61.0 Å². The first kappa shape index (κ1) is 25.1. The van der Waals surface area contributed by atoms with E-state index in [9.17, 15) is 46.0 Å². The molecule has 3 aliphatic heterocycles. The third-order valence-corrected chi connectivity index (χ3v) is 5.62. The fourth-order valence-electron chi connectivity index (χ4n) is 3.54. The van der Waals surface area contributed by atoms with Gasteiger partial charge >= 0.3 is 0 Å². The molecule has 3 saturated heterocycles. The highest BCUT2D eigenvalue weighted by Gasteiger charge is 2.49. The minimum Gasteiger partial charge on any atom is -0.388 e. The summed E-state index contributed by atoms with van der Waals surface area (Å²) in [7, 11) is 0. The summed E-state index contributed by atoms with van der Waals surface area (Å²) >= 11 is 0. The maximum Gasteiger partial charge on any atom is 0.189 e. The molecule has 14 heteroatoms. The number of aliphatic hydroxyl groups is 9. The molecule has 3 rings (SSSR count). The minimum atomic E-state index is -1.76. The second kappa shape index (κ2) is 10.1. The van der Waals surface area contributed by atoms with E-state index in [0.717, 1.165) is 0 Å². The van der Waals surface area contributed by atoms with Crippen molar-refractivity contribution in [3.63, 3.8) is 0 Å². The summed E-state index contributed by atoms with van der Waals surface area (Å²) in [6.07, 6.45) is -21.0. The van der Waals surface area contributed by atoms with E-state index in [4.69, 9.17) is 23.7 Å². The number of ether oxygens (including phenoxy) is 5. The van der Waals surface area contributed by atoms with E-state index in [2.05, 4.69) is 0 Å². The predicted octanol–water partition coefficient (Wildman–Crippen LogP) is -5.91. The summed E-state index contributed by atoms with van der Waals surface area (Å²) in [5, 5.41) is 89.2. The SMILES string of the molecule is C[C@@H]1O[C@@H](OC[C@H]2OC(O[C@@H]3OC[C@@H](O)[C@H](O)[C@H]3O)[C@H](O)[C@@H](O)[C@@H]2O)[C@H](O)[C@H](O)[C@H]1O. The Labute approximate surface area is 176 Å². The maximum atomic E-state index is 10.2. The number of hydrogen-bond donors (Lipinski definition) is 9. The average molecular weight is 458 g/mol. The van der Waals surface area contributed by atoms with E-state index in [1.165, 1.54) is 6.92 Å². The maximum absolute atomic E-state index is 10.2. The molecule has 0 spiro atoms. The third-order valence-electron chi connectivity index (χ3n) is 5.62. The molecule has 0 saturated carbocycles. The van der Waals surface area contributed by atoms with E-state index in [1.807, 2.05) is 0 Å². The molecule has 0 bridgehead atoms. The molecule has 0 aromatic carbocycles. The molecule has 0 aliphatic carbocycles. The summed E-state index contributed by atoms with van der Waals surface area (Å²) in [5.74, 6) is 0. The van der Waals surface area contributed by atoms with Crippen LogP contribution in [0.25, 0.3) is 0 Å². The van der Waals surface area contributed by atoms with Crippen molar-refractivity contribution in [2.45, 2.75) is 92.9 Å². The zero-order valence-electron chi connectivity index (χ0n) is 16.6. The Morgan fingerprint density at radius 1 is 0.645 bits per heavy atom. The number of hydrogen-bond acceptors (Lipinski definition) is 14. The van der Waals surface area contributed by atoms with Crippen LogP contribution in [-0.2, 0) is 23.7 Å². The van der Waals surface area contributed by atoms with Crippen LogP contribution < -0.4 is 0 Å². The largest absolute Gasteiger partial charge is 0.388 e. The van der Waals surface area contributed by atoms with Crippen LogP contribution in [0.4, 0.5) is 0 Å². The van der Waals surface area contributed by atoms with Crippen LogP contribution in [0.15, 0.2) is 0 Å². The summed E-state index contributed by atoms with van der Waals surface area (Å²) in [5.41, 5.74) is 0. The first-order valence-electron chi connectivity index (χ1n) is 9.85. The molecule has 31 heavy (non-hydrogen) atoms. The molecule has 0 aromatic rings. The Bertz CT molecular complexity index is 581. The van der Waals surface area contributed by atoms with Crippen LogP contribution in [0, 0.1) is 0 Å². The first-order chi connectivity index (χ1) is 14.5. The highest BCUT2D eigenvalue weighted by molar-refractivity contribution is 4.92. The van der Waals surface area contributed by atoms with E-state index < -0.39 is 92.6 Å². The fraction of sp³-hybridized carbons (Fsp3) is 1.00. The summed E-state index contributed by atoms with van der Waals surface area (Å²) < 4.78 is 26.4. The van der Waals surface area contributed by atoms with Crippen LogP contribution in [0.3, 0.4) is 0 Å². The highest BCUT2D eigenvalue weighted by Crippen LogP contribution is 2.28.